The highest BCUT2D eigenvalue weighted by molar-refractivity contribution is 6.42. The summed E-state index contributed by atoms with van der Waals surface area (Å²) >= 11 is 12.2. The molecule has 1 aliphatic heterocycles. The van der Waals surface area contributed by atoms with Crippen LogP contribution < -0.4 is 10.1 Å². The SMILES string of the molecule is CCc1cccc2c(C(=O)NCc3ccc(Cl)c(Cl)c3)cn(CCCN3CCN(CCCOc4ccccc4)CC3)c12. The van der Waals surface area contributed by atoms with E-state index in [4.69, 9.17) is 27.9 Å². The third kappa shape index (κ3) is 7.87. The Morgan fingerprint density at radius 2 is 1.60 bits per heavy atom. The summed E-state index contributed by atoms with van der Waals surface area (Å²) in [6, 6.07) is 21.7. The zero-order valence-corrected chi connectivity index (χ0v) is 25.8. The number of aryl methyl sites for hydroxylation is 2. The maximum Gasteiger partial charge on any atom is 0.253 e. The standard InChI is InChI=1S/C34H40Cl2N4O2/c1-2-27-9-6-12-29-30(34(41)37-24-26-13-14-31(35)32(36)23-26)25-40(33(27)29)17-7-15-38-18-20-39(21-19-38)16-8-22-42-28-10-4-3-5-11-28/h3-6,9-14,23,25H,2,7-8,15-22,24H2,1H3,(H,37,41). The van der Waals surface area contributed by atoms with E-state index >= 15 is 0 Å². The highest BCUT2D eigenvalue weighted by Crippen LogP contribution is 2.27. The number of aromatic nitrogens is 1. The van der Waals surface area contributed by atoms with E-state index in [-0.39, 0.29) is 5.91 Å². The van der Waals surface area contributed by atoms with Crippen molar-refractivity contribution in [3.05, 3.63) is 99.7 Å². The smallest absolute Gasteiger partial charge is 0.253 e. The molecule has 1 amide bonds. The summed E-state index contributed by atoms with van der Waals surface area (Å²) in [6.45, 7) is 10.7. The van der Waals surface area contributed by atoms with E-state index in [0.717, 1.165) is 88.4 Å². The Hall–Kier alpha value is -3.03. The molecule has 0 spiro atoms. The average molecular weight is 608 g/mol. The minimum Gasteiger partial charge on any atom is -0.494 e. The van der Waals surface area contributed by atoms with Crippen molar-refractivity contribution in [1.82, 2.24) is 19.7 Å². The molecular weight excluding hydrogens is 567 g/mol. The number of nitrogens with zero attached hydrogens (tertiary/aromatic N) is 3. The molecule has 8 heteroatoms. The molecule has 0 bridgehead atoms. The summed E-state index contributed by atoms with van der Waals surface area (Å²) in [6.07, 6.45) is 5.03. The van der Waals surface area contributed by atoms with Gasteiger partial charge in [-0.25, -0.2) is 0 Å². The van der Waals surface area contributed by atoms with Gasteiger partial charge in [0.05, 0.1) is 27.7 Å². The van der Waals surface area contributed by atoms with Crippen LogP contribution in [-0.4, -0.2) is 66.1 Å². The maximum absolute atomic E-state index is 13.3. The average Bonchev–Trinajstić information content (AvgIpc) is 3.40. The Morgan fingerprint density at radius 3 is 2.31 bits per heavy atom. The molecule has 1 fully saturated rings. The van der Waals surface area contributed by atoms with E-state index in [1.807, 2.05) is 42.6 Å². The Morgan fingerprint density at radius 1 is 0.857 bits per heavy atom. The fourth-order valence-electron chi connectivity index (χ4n) is 5.70. The quantitative estimate of drug-likeness (QED) is 0.168. The monoisotopic (exact) mass is 606 g/mol. The molecule has 0 saturated carbocycles. The first-order valence-electron chi connectivity index (χ1n) is 15.0. The molecule has 5 rings (SSSR count). The van der Waals surface area contributed by atoms with Crippen molar-refractivity contribution < 1.29 is 9.53 Å². The molecule has 222 valence electrons. The van der Waals surface area contributed by atoms with Crippen LogP contribution in [0.5, 0.6) is 5.75 Å². The van der Waals surface area contributed by atoms with Gasteiger partial charge in [0.25, 0.3) is 5.91 Å². The lowest BCUT2D eigenvalue weighted by Crippen LogP contribution is -2.47. The largest absolute Gasteiger partial charge is 0.494 e. The molecule has 4 aromatic rings. The summed E-state index contributed by atoms with van der Waals surface area (Å²) in [4.78, 5) is 18.4. The van der Waals surface area contributed by atoms with Gasteiger partial charge >= 0.3 is 0 Å². The van der Waals surface area contributed by atoms with Crippen LogP contribution in [0.1, 0.15) is 41.3 Å². The van der Waals surface area contributed by atoms with Crippen molar-refractivity contribution >= 4 is 40.0 Å². The van der Waals surface area contributed by atoms with Gasteiger partial charge in [-0.2, -0.15) is 0 Å². The summed E-state index contributed by atoms with van der Waals surface area (Å²) in [7, 11) is 0. The number of halogens is 2. The third-order valence-corrected chi connectivity index (χ3v) is 8.75. The summed E-state index contributed by atoms with van der Waals surface area (Å²) < 4.78 is 8.13. The van der Waals surface area contributed by atoms with Crippen molar-refractivity contribution in [2.45, 2.75) is 39.3 Å². The van der Waals surface area contributed by atoms with Crippen molar-refractivity contribution in [3.8, 4) is 5.75 Å². The number of amides is 1. The Kier molecular flexibility index (Phi) is 10.8. The number of rotatable bonds is 13. The van der Waals surface area contributed by atoms with Crippen LogP contribution in [0.25, 0.3) is 10.9 Å². The van der Waals surface area contributed by atoms with Crippen LogP contribution in [-0.2, 0) is 19.5 Å². The van der Waals surface area contributed by atoms with Crippen molar-refractivity contribution in [3.63, 3.8) is 0 Å². The second-order valence-corrected chi connectivity index (χ2v) is 11.7. The van der Waals surface area contributed by atoms with Gasteiger partial charge in [-0.3, -0.25) is 4.79 Å². The van der Waals surface area contributed by atoms with E-state index in [9.17, 15) is 4.79 Å². The first-order valence-corrected chi connectivity index (χ1v) is 15.7. The van der Waals surface area contributed by atoms with Crippen LogP contribution in [0.3, 0.4) is 0 Å². The second kappa shape index (κ2) is 14.9. The zero-order chi connectivity index (χ0) is 29.3. The molecule has 1 aromatic heterocycles. The van der Waals surface area contributed by atoms with E-state index in [1.165, 1.54) is 11.1 Å². The maximum atomic E-state index is 13.3. The van der Waals surface area contributed by atoms with E-state index < -0.39 is 0 Å². The van der Waals surface area contributed by atoms with E-state index in [1.54, 1.807) is 12.1 Å². The van der Waals surface area contributed by atoms with Crippen LogP contribution in [0.15, 0.2) is 72.9 Å². The normalized spacial score (nSPS) is 14.4. The van der Waals surface area contributed by atoms with Crippen LogP contribution in [0, 0.1) is 0 Å². The van der Waals surface area contributed by atoms with Gasteiger partial charge in [0.1, 0.15) is 5.75 Å². The number of benzene rings is 3. The van der Waals surface area contributed by atoms with Crippen LogP contribution in [0.2, 0.25) is 10.0 Å². The second-order valence-electron chi connectivity index (χ2n) is 10.9. The molecule has 1 aliphatic rings. The van der Waals surface area contributed by atoms with E-state index in [0.29, 0.717) is 22.2 Å². The Labute approximate surface area is 259 Å². The number of ether oxygens (including phenoxy) is 1. The highest BCUT2D eigenvalue weighted by atomic mass is 35.5. The van der Waals surface area contributed by atoms with Crippen molar-refractivity contribution in [2.24, 2.45) is 0 Å². The number of carbonyl (C=O) groups excluding carboxylic acids is 1. The van der Waals surface area contributed by atoms with Gasteiger partial charge in [0.15, 0.2) is 0 Å². The molecule has 0 radical (unpaired) electrons. The number of piperazine rings is 1. The van der Waals surface area contributed by atoms with Crippen molar-refractivity contribution in [2.75, 3.05) is 45.9 Å². The summed E-state index contributed by atoms with van der Waals surface area (Å²) in [5.41, 5.74) is 4.06. The lowest BCUT2D eigenvalue weighted by atomic mass is 10.1. The first-order chi connectivity index (χ1) is 20.5. The number of para-hydroxylation sites is 2. The number of hydrogen-bond acceptors (Lipinski definition) is 4. The van der Waals surface area contributed by atoms with Gasteiger partial charge < -0.3 is 24.4 Å². The first kappa shape index (κ1) is 30.4. The molecule has 6 nitrogen and oxygen atoms in total. The number of carbonyl (C=O) groups is 1. The van der Waals surface area contributed by atoms with Crippen LogP contribution in [0.4, 0.5) is 0 Å². The topological polar surface area (TPSA) is 49.7 Å². The number of nitrogens with one attached hydrogen (secondary N) is 1. The molecule has 0 atom stereocenters. The Balaban J connectivity index is 1.12. The highest BCUT2D eigenvalue weighted by Gasteiger charge is 2.19. The Bertz CT molecular complexity index is 1470. The molecular formula is C34H40Cl2N4O2. The molecule has 2 heterocycles. The lowest BCUT2D eigenvalue weighted by Gasteiger charge is -2.34. The van der Waals surface area contributed by atoms with Gasteiger partial charge in [0, 0.05) is 57.4 Å². The minimum atomic E-state index is -0.0802. The number of hydrogen-bond donors (Lipinski definition) is 1. The molecule has 1 N–H and O–H groups in total. The zero-order valence-electron chi connectivity index (χ0n) is 24.3. The van der Waals surface area contributed by atoms with Crippen molar-refractivity contribution in [1.29, 1.82) is 0 Å². The predicted molar refractivity (Wildman–Crippen MR) is 173 cm³/mol. The molecule has 0 aliphatic carbocycles. The summed E-state index contributed by atoms with van der Waals surface area (Å²) in [5.74, 6) is 0.864. The van der Waals surface area contributed by atoms with Gasteiger partial charge in [-0.1, -0.05) is 72.6 Å². The molecule has 0 unspecified atom stereocenters. The molecule has 3 aromatic carbocycles. The van der Waals surface area contributed by atoms with Gasteiger partial charge in [-0.15, -0.1) is 0 Å². The molecule has 42 heavy (non-hydrogen) atoms. The molecule has 1 saturated heterocycles. The number of fused-ring (bicyclic) bond motifs is 1. The van der Waals surface area contributed by atoms with E-state index in [2.05, 4.69) is 44.8 Å². The van der Waals surface area contributed by atoms with Crippen LogP contribution >= 0.6 is 23.2 Å². The summed E-state index contributed by atoms with van der Waals surface area (Å²) in [5, 5.41) is 5.07. The predicted octanol–water partition coefficient (Wildman–Crippen LogP) is 6.92. The lowest BCUT2D eigenvalue weighted by molar-refractivity contribution is 0.0952. The third-order valence-electron chi connectivity index (χ3n) is 8.01. The fourth-order valence-corrected chi connectivity index (χ4v) is 6.02. The minimum absolute atomic E-state index is 0.0802. The van der Waals surface area contributed by atoms with Gasteiger partial charge in [0.2, 0.25) is 0 Å². The fraction of sp³-hybridized carbons (Fsp3) is 0.382. The van der Waals surface area contributed by atoms with Gasteiger partial charge in [-0.05, 0) is 61.2 Å².